The lowest BCUT2D eigenvalue weighted by Gasteiger charge is -2.09. The predicted molar refractivity (Wildman–Crippen MR) is 108 cm³/mol. The summed E-state index contributed by atoms with van der Waals surface area (Å²) in [6.07, 6.45) is 0.722. The Morgan fingerprint density at radius 2 is 1.55 bits per heavy atom. The Balaban J connectivity index is 1.59. The molecule has 7 heteroatoms. The smallest absolute Gasteiger partial charge is 0.339 e. The molecular weight excluding hydrogens is 392 g/mol. The largest absolute Gasteiger partial charge is 0.507 e. The number of ether oxygens (including phenoxy) is 1. The first-order valence-corrected chi connectivity index (χ1v) is 10.5. The third-order valence-electron chi connectivity index (χ3n) is 4.35. The molecule has 0 aromatic heterocycles. The monoisotopic (exact) mass is 412 g/mol. The zero-order valence-corrected chi connectivity index (χ0v) is 16.3. The SMILES string of the molecule is O=C(O)c1ccc(OCCS(=O)(=O)c2ccc(Cc3ccccc3)cc2)cc1O. The Morgan fingerprint density at radius 3 is 2.17 bits per heavy atom. The lowest BCUT2D eigenvalue weighted by molar-refractivity contribution is 0.0693. The maximum Gasteiger partial charge on any atom is 0.339 e. The highest BCUT2D eigenvalue weighted by atomic mass is 32.2. The van der Waals surface area contributed by atoms with E-state index in [0.717, 1.165) is 23.6 Å². The van der Waals surface area contributed by atoms with E-state index in [9.17, 15) is 18.3 Å². The summed E-state index contributed by atoms with van der Waals surface area (Å²) in [7, 11) is -3.53. The molecule has 3 aromatic carbocycles. The van der Waals surface area contributed by atoms with Gasteiger partial charge in [-0.05, 0) is 41.8 Å². The van der Waals surface area contributed by atoms with Gasteiger partial charge in [-0.1, -0.05) is 42.5 Å². The summed E-state index contributed by atoms with van der Waals surface area (Å²) in [5.74, 6) is -1.74. The van der Waals surface area contributed by atoms with E-state index in [-0.39, 0.29) is 28.6 Å². The molecule has 0 fully saturated rings. The van der Waals surface area contributed by atoms with E-state index >= 15 is 0 Å². The topological polar surface area (TPSA) is 101 Å². The number of rotatable bonds is 8. The molecule has 0 saturated heterocycles. The van der Waals surface area contributed by atoms with Crippen LogP contribution in [-0.4, -0.2) is 37.0 Å². The van der Waals surface area contributed by atoms with Crippen LogP contribution in [0.25, 0.3) is 0 Å². The Hall–Kier alpha value is -3.32. The van der Waals surface area contributed by atoms with E-state index in [1.165, 1.54) is 12.1 Å². The lowest BCUT2D eigenvalue weighted by atomic mass is 10.1. The van der Waals surface area contributed by atoms with E-state index in [1.807, 2.05) is 30.3 Å². The zero-order valence-electron chi connectivity index (χ0n) is 15.5. The van der Waals surface area contributed by atoms with Crippen LogP contribution in [0.5, 0.6) is 11.5 Å². The van der Waals surface area contributed by atoms with Gasteiger partial charge in [-0.25, -0.2) is 13.2 Å². The first-order chi connectivity index (χ1) is 13.8. The molecule has 0 saturated carbocycles. The Labute approximate surface area is 168 Å². The number of hydrogen-bond acceptors (Lipinski definition) is 5. The van der Waals surface area contributed by atoms with Crippen molar-refractivity contribution in [1.82, 2.24) is 0 Å². The fraction of sp³-hybridized carbons (Fsp3) is 0.136. The average molecular weight is 412 g/mol. The third kappa shape index (κ3) is 5.36. The van der Waals surface area contributed by atoms with Crippen molar-refractivity contribution in [2.24, 2.45) is 0 Å². The summed E-state index contributed by atoms with van der Waals surface area (Å²) in [5, 5.41) is 18.5. The molecule has 0 heterocycles. The van der Waals surface area contributed by atoms with Gasteiger partial charge in [-0.3, -0.25) is 0 Å². The molecule has 0 amide bonds. The van der Waals surface area contributed by atoms with E-state index in [0.29, 0.717) is 0 Å². The van der Waals surface area contributed by atoms with Gasteiger partial charge in [-0.15, -0.1) is 0 Å². The minimum atomic E-state index is -3.53. The molecule has 150 valence electrons. The second kappa shape index (κ2) is 8.79. The van der Waals surface area contributed by atoms with E-state index in [4.69, 9.17) is 9.84 Å². The minimum absolute atomic E-state index is 0.125. The molecule has 0 unspecified atom stereocenters. The van der Waals surface area contributed by atoms with Gasteiger partial charge in [0.25, 0.3) is 0 Å². The molecule has 0 aliphatic heterocycles. The molecule has 0 aliphatic carbocycles. The molecule has 3 rings (SSSR count). The maximum absolute atomic E-state index is 12.5. The van der Waals surface area contributed by atoms with Crippen molar-refractivity contribution in [3.8, 4) is 11.5 Å². The number of benzene rings is 3. The number of hydrogen-bond donors (Lipinski definition) is 2. The molecule has 29 heavy (non-hydrogen) atoms. The van der Waals surface area contributed by atoms with Crippen LogP contribution < -0.4 is 4.74 Å². The molecule has 0 atom stereocenters. The van der Waals surface area contributed by atoms with Crippen molar-refractivity contribution < 1.29 is 28.2 Å². The maximum atomic E-state index is 12.5. The fourth-order valence-electron chi connectivity index (χ4n) is 2.82. The first kappa shape index (κ1) is 20.4. The Morgan fingerprint density at radius 1 is 0.897 bits per heavy atom. The van der Waals surface area contributed by atoms with Crippen LogP contribution in [0.4, 0.5) is 0 Å². The zero-order chi connectivity index (χ0) is 20.9. The van der Waals surface area contributed by atoms with Gasteiger partial charge in [0.05, 0.1) is 10.6 Å². The van der Waals surface area contributed by atoms with Crippen molar-refractivity contribution in [1.29, 1.82) is 0 Å². The molecule has 2 N–H and O–H groups in total. The highest BCUT2D eigenvalue weighted by molar-refractivity contribution is 7.91. The second-order valence-corrected chi connectivity index (χ2v) is 8.57. The summed E-state index contributed by atoms with van der Waals surface area (Å²) < 4.78 is 30.3. The van der Waals surface area contributed by atoms with Gasteiger partial charge in [0.15, 0.2) is 9.84 Å². The summed E-state index contributed by atoms with van der Waals surface area (Å²) >= 11 is 0. The van der Waals surface area contributed by atoms with Gasteiger partial charge >= 0.3 is 5.97 Å². The number of carboxylic acids is 1. The average Bonchev–Trinajstić information content (AvgIpc) is 2.69. The van der Waals surface area contributed by atoms with Crippen molar-refractivity contribution in [2.75, 3.05) is 12.4 Å². The van der Waals surface area contributed by atoms with E-state index in [1.54, 1.807) is 24.3 Å². The van der Waals surface area contributed by atoms with E-state index in [2.05, 4.69) is 0 Å². The Bertz CT molecular complexity index is 1090. The molecule has 0 aliphatic rings. The molecule has 0 radical (unpaired) electrons. The van der Waals surface area contributed by atoms with Crippen LogP contribution in [0.1, 0.15) is 21.5 Å². The quantitative estimate of drug-likeness (QED) is 0.587. The standard InChI is InChI=1S/C22H20O6S/c23-21-15-18(8-11-20(21)22(24)25)28-12-13-29(26,27)19-9-6-17(7-10-19)14-16-4-2-1-3-5-16/h1-11,15,23H,12-14H2,(H,24,25). The predicted octanol–water partition coefficient (Wildman–Crippen LogP) is 3.53. The van der Waals surface area contributed by atoms with Crippen molar-refractivity contribution in [3.05, 3.63) is 89.5 Å². The third-order valence-corrected chi connectivity index (χ3v) is 6.05. The van der Waals surface area contributed by atoms with Crippen LogP contribution >= 0.6 is 0 Å². The number of carbonyl (C=O) groups is 1. The summed E-state index contributed by atoms with van der Waals surface area (Å²) in [6.45, 7) is -0.125. The van der Waals surface area contributed by atoms with Crippen molar-refractivity contribution >= 4 is 15.8 Å². The normalized spacial score (nSPS) is 11.2. The molecule has 3 aromatic rings. The number of aromatic hydroxyl groups is 1. The number of carboxylic acid groups (broad SMARTS) is 1. The summed E-state index contributed by atoms with van der Waals surface area (Å²) in [6, 6.07) is 20.4. The second-order valence-electron chi connectivity index (χ2n) is 6.46. The van der Waals surface area contributed by atoms with Crippen molar-refractivity contribution in [3.63, 3.8) is 0 Å². The van der Waals surface area contributed by atoms with Gasteiger partial charge < -0.3 is 14.9 Å². The van der Waals surface area contributed by atoms with Gasteiger partial charge in [-0.2, -0.15) is 0 Å². The molecule has 0 bridgehead atoms. The summed E-state index contributed by atoms with van der Waals surface area (Å²) in [5.41, 5.74) is 1.91. The fourth-order valence-corrected chi connectivity index (χ4v) is 3.90. The van der Waals surface area contributed by atoms with Gasteiger partial charge in [0.2, 0.25) is 0 Å². The van der Waals surface area contributed by atoms with Gasteiger partial charge in [0.1, 0.15) is 23.7 Å². The first-order valence-electron chi connectivity index (χ1n) is 8.90. The molecule has 6 nitrogen and oxygen atoms in total. The Kier molecular flexibility index (Phi) is 6.19. The summed E-state index contributed by atoms with van der Waals surface area (Å²) in [4.78, 5) is 11.1. The number of aromatic carboxylic acids is 1. The number of sulfone groups is 1. The van der Waals surface area contributed by atoms with Crippen LogP contribution in [0.3, 0.4) is 0 Å². The van der Waals surface area contributed by atoms with Crippen LogP contribution in [-0.2, 0) is 16.3 Å². The van der Waals surface area contributed by atoms with Gasteiger partial charge in [0, 0.05) is 6.07 Å². The number of phenols is 1. The van der Waals surface area contributed by atoms with Crippen LogP contribution in [0.15, 0.2) is 77.7 Å². The van der Waals surface area contributed by atoms with E-state index < -0.39 is 21.6 Å². The minimum Gasteiger partial charge on any atom is -0.507 e. The molecule has 0 spiro atoms. The highest BCUT2D eigenvalue weighted by Gasteiger charge is 2.15. The van der Waals surface area contributed by atoms with Crippen LogP contribution in [0.2, 0.25) is 0 Å². The van der Waals surface area contributed by atoms with Crippen LogP contribution in [0, 0.1) is 0 Å². The molecular formula is C22H20O6S. The van der Waals surface area contributed by atoms with Crippen molar-refractivity contribution in [2.45, 2.75) is 11.3 Å². The lowest BCUT2D eigenvalue weighted by Crippen LogP contribution is -2.14. The highest BCUT2D eigenvalue weighted by Crippen LogP contribution is 2.24.